The minimum Gasteiger partial charge on any atom is -0.261 e. The molecule has 0 aliphatic rings. The number of aromatic nitrogens is 1. The van der Waals surface area contributed by atoms with Crippen molar-refractivity contribution in [2.45, 2.75) is 25.3 Å². The second-order valence-electron chi connectivity index (χ2n) is 3.06. The van der Waals surface area contributed by atoms with Gasteiger partial charge in [0.1, 0.15) is 0 Å². The Morgan fingerprint density at radius 2 is 1.88 bits per heavy atom. The Hall–Kier alpha value is -1.15. The number of pyridine rings is 1. The van der Waals surface area contributed by atoms with E-state index in [2.05, 4.69) is 23.1 Å². The van der Waals surface area contributed by atoms with Gasteiger partial charge in [-0.2, -0.15) is 13.2 Å². The van der Waals surface area contributed by atoms with Crippen molar-refractivity contribution in [3.8, 4) is 0 Å². The molecular formula is C9H13F3N2O2S. The van der Waals surface area contributed by atoms with Crippen molar-refractivity contribution in [1.29, 1.82) is 0 Å². The molecule has 0 spiro atoms. The topological polar surface area (TPSA) is 73.0 Å². The zero-order valence-corrected chi connectivity index (χ0v) is 9.92. The van der Waals surface area contributed by atoms with Crippen LogP contribution in [0.2, 0.25) is 0 Å². The second kappa shape index (κ2) is 6.55. The van der Waals surface area contributed by atoms with Crippen LogP contribution >= 0.6 is 0 Å². The van der Waals surface area contributed by atoms with Crippen LogP contribution < -0.4 is 5.14 Å². The molecule has 1 aromatic heterocycles. The van der Waals surface area contributed by atoms with Gasteiger partial charge in [-0.05, 0) is 18.6 Å². The van der Waals surface area contributed by atoms with Crippen molar-refractivity contribution < 1.29 is 21.6 Å². The van der Waals surface area contributed by atoms with E-state index in [1.165, 1.54) is 12.1 Å². The SMILES string of the molecule is CCCc1ccccn1.NS(=O)(=O)C(F)(F)F. The van der Waals surface area contributed by atoms with Crippen molar-refractivity contribution >= 4 is 10.0 Å². The van der Waals surface area contributed by atoms with Gasteiger partial charge in [0.2, 0.25) is 0 Å². The monoisotopic (exact) mass is 270 g/mol. The first-order valence-corrected chi connectivity index (χ1v) is 6.22. The summed E-state index contributed by atoms with van der Waals surface area (Å²) in [6.07, 6.45) is 4.11. The van der Waals surface area contributed by atoms with E-state index in [-0.39, 0.29) is 0 Å². The van der Waals surface area contributed by atoms with Crippen molar-refractivity contribution in [3.05, 3.63) is 30.1 Å². The average Bonchev–Trinajstić information content (AvgIpc) is 2.17. The Morgan fingerprint density at radius 1 is 1.35 bits per heavy atom. The van der Waals surface area contributed by atoms with E-state index in [9.17, 15) is 21.6 Å². The van der Waals surface area contributed by atoms with Gasteiger partial charge in [-0.3, -0.25) is 4.98 Å². The molecule has 0 bridgehead atoms. The zero-order chi connectivity index (χ0) is 13.5. The average molecular weight is 270 g/mol. The molecule has 0 saturated carbocycles. The molecule has 0 saturated heterocycles. The van der Waals surface area contributed by atoms with Crippen LogP contribution in [-0.2, 0) is 16.4 Å². The van der Waals surface area contributed by atoms with Crippen LogP contribution in [0, 0.1) is 0 Å². The lowest BCUT2D eigenvalue weighted by Crippen LogP contribution is -2.30. The Labute approximate surface area is 97.7 Å². The van der Waals surface area contributed by atoms with Crippen LogP contribution in [0.5, 0.6) is 0 Å². The molecule has 8 heteroatoms. The summed E-state index contributed by atoms with van der Waals surface area (Å²) >= 11 is 0. The number of halogens is 3. The number of primary sulfonamides is 1. The number of sulfonamides is 1. The van der Waals surface area contributed by atoms with E-state index in [1.54, 1.807) is 0 Å². The van der Waals surface area contributed by atoms with Crippen molar-refractivity contribution in [1.82, 2.24) is 4.98 Å². The predicted octanol–water partition coefficient (Wildman–Crippen LogP) is 1.83. The Balaban J connectivity index is 0.000000304. The minimum absolute atomic E-state index is 1.10. The number of rotatable bonds is 2. The lowest BCUT2D eigenvalue weighted by molar-refractivity contribution is -0.0436. The minimum atomic E-state index is -5.34. The third-order valence-corrected chi connectivity index (χ3v) is 2.20. The molecule has 0 aliphatic carbocycles. The molecule has 1 rings (SSSR count). The molecule has 98 valence electrons. The number of hydrogen-bond donors (Lipinski definition) is 1. The second-order valence-corrected chi connectivity index (χ2v) is 4.61. The van der Waals surface area contributed by atoms with E-state index in [0.29, 0.717) is 0 Å². The molecule has 0 aromatic carbocycles. The number of hydrogen-bond acceptors (Lipinski definition) is 3. The maximum absolute atomic E-state index is 10.8. The van der Waals surface area contributed by atoms with Gasteiger partial charge in [0.25, 0.3) is 0 Å². The van der Waals surface area contributed by atoms with Crippen molar-refractivity contribution in [3.63, 3.8) is 0 Å². The van der Waals surface area contributed by atoms with Crippen LogP contribution in [-0.4, -0.2) is 18.9 Å². The van der Waals surface area contributed by atoms with Gasteiger partial charge < -0.3 is 0 Å². The third kappa shape index (κ3) is 6.90. The van der Waals surface area contributed by atoms with Crippen LogP contribution in [0.1, 0.15) is 19.0 Å². The van der Waals surface area contributed by atoms with Gasteiger partial charge in [0.15, 0.2) is 0 Å². The Kier molecular flexibility index (Phi) is 6.11. The first kappa shape index (κ1) is 15.9. The number of nitrogens with two attached hydrogens (primary N) is 1. The smallest absolute Gasteiger partial charge is 0.261 e. The molecular weight excluding hydrogens is 257 g/mol. The standard InChI is InChI=1S/C8H11N.CH2F3NO2S/c1-2-5-8-6-3-4-7-9-8;2-1(3,4)8(5,6)7/h3-4,6-7H,2,5H2,1H3;(H2,5,6,7). The summed E-state index contributed by atoms with van der Waals surface area (Å²) < 4.78 is 51.2. The van der Waals surface area contributed by atoms with Gasteiger partial charge in [0, 0.05) is 11.9 Å². The normalized spacial score (nSPS) is 11.6. The molecule has 0 amide bonds. The number of aryl methyl sites for hydroxylation is 1. The zero-order valence-electron chi connectivity index (χ0n) is 9.11. The Morgan fingerprint density at radius 3 is 2.18 bits per heavy atom. The lowest BCUT2D eigenvalue weighted by Gasteiger charge is -1.98. The van der Waals surface area contributed by atoms with Crippen LogP contribution in [0.25, 0.3) is 0 Å². The maximum atomic E-state index is 10.8. The molecule has 0 aliphatic heterocycles. The highest BCUT2D eigenvalue weighted by molar-refractivity contribution is 7.90. The highest BCUT2D eigenvalue weighted by Crippen LogP contribution is 2.18. The molecule has 17 heavy (non-hydrogen) atoms. The van der Waals surface area contributed by atoms with E-state index in [4.69, 9.17) is 0 Å². The summed E-state index contributed by atoms with van der Waals surface area (Å²) in [7, 11) is -5.34. The quantitative estimate of drug-likeness (QED) is 0.891. The highest BCUT2D eigenvalue weighted by Gasteiger charge is 2.42. The van der Waals surface area contributed by atoms with Gasteiger partial charge in [-0.15, -0.1) is 0 Å². The van der Waals surface area contributed by atoms with Crippen LogP contribution in [0.3, 0.4) is 0 Å². The van der Waals surface area contributed by atoms with Gasteiger partial charge in [-0.1, -0.05) is 19.4 Å². The summed E-state index contributed by atoms with van der Waals surface area (Å²) in [5.74, 6) is 0. The molecule has 0 unspecified atom stereocenters. The van der Waals surface area contributed by atoms with E-state index < -0.39 is 15.5 Å². The molecule has 1 aromatic rings. The van der Waals surface area contributed by atoms with E-state index >= 15 is 0 Å². The maximum Gasteiger partial charge on any atom is 0.511 e. The molecule has 4 nitrogen and oxygen atoms in total. The summed E-state index contributed by atoms with van der Waals surface area (Å²) in [4.78, 5) is 4.17. The number of alkyl halides is 3. The fraction of sp³-hybridized carbons (Fsp3) is 0.444. The van der Waals surface area contributed by atoms with Gasteiger partial charge >= 0.3 is 15.5 Å². The van der Waals surface area contributed by atoms with E-state index in [1.807, 2.05) is 18.3 Å². The summed E-state index contributed by atoms with van der Waals surface area (Å²) in [5.41, 5.74) is -4.12. The van der Waals surface area contributed by atoms with Crippen LogP contribution in [0.15, 0.2) is 24.4 Å². The van der Waals surface area contributed by atoms with Gasteiger partial charge in [0.05, 0.1) is 0 Å². The molecule has 0 radical (unpaired) electrons. The van der Waals surface area contributed by atoms with Crippen molar-refractivity contribution in [2.24, 2.45) is 5.14 Å². The largest absolute Gasteiger partial charge is 0.511 e. The molecule has 0 fully saturated rings. The summed E-state index contributed by atoms with van der Waals surface area (Å²) in [6, 6.07) is 6.03. The highest BCUT2D eigenvalue weighted by atomic mass is 32.2. The fourth-order valence-electron chi connectivity index (χ4n) is 0.802. The summed E-state index contributed by atoms with van der Waals surface area (Å²) in [6.45, 7) is 2.16. The first-order valence-electron chi connectivity index (χ1n) is 4.67. The lowest BCUT2D eigenvalue weighted by atomic mass is 10.2. The van der Waals surface area contributed by atoms with E-state index in [0.717, 1.165) is 6.42 Å². The molecule has 1 heterocycles. The third-order valence-electron chi connectivity index (χ3n) is 1.55. The Bertz CT molecular complexity index is 418. The van der Waals surface area contributed by atoms with Crippen LogP contribution in [0.4, 0.5) is 13.2 Å². The van der Waals surface area contributed by atoms with Crippen molar-refractivity contribution in [2.75, 3.05) is 0 Å². The molecule has 0 atom stereocenters. The predicted molar refractivity (Wildman–Crippen MR) is 57.4 cm³/mol. The molecule has 2 N–H and O–H groups in total. The van der Waals surface area contributed by atoms with Gasteiger partial charge in [-0.25, -0.2) is 13.6 Å². The summed E-state index contributed by atoms with van der Waals surface area (Å²) in [5, 5.41) is 3.66. The fourth-order valence-corrected chi connectivity index (χ4v) is 0.802. The number of nitrogens with zero attached hydrogens (tertiary/aromatic N) is 1. The first-order chi connectivity index (χ1) is 7.68.